The Labute approximate surface area is 108 Å². The molecule has 5 heteroatoms. The van der Waals surface area contributed by atoms with Crippen LogP contribution in [-0.4, -0.2) is 28.1 Å². The van der Waals surface area contributed by atoms with Gasteiger partial charge in [-0.15, -0.1) is 5.10 Å². The third-order valence-electron chi connectivity index (χ3n) is 3.07. The molecule has 0 amide bonds. The van der Waals surface area contributed by atoms with Crippen molar-refractivity contribution in [1.29, 1.82) is 0 Å². The van der Waals surface area contributed by atoms with Gasteiger partial charge in [-0.1, -0.05) is 39.3 Å². The topological polar surface area (TPSA) is 42.7 Å². The van der Waals surface area contributed by atoms with Crippen LogP contribution in [0, 0.1) is 0 Å². The first kappa shape index (κ1) is 10.9. The molecule has 1 aromatic heterocycles. The monoisotopic (exact) mass is 292 g/mol. The van der Waals surface area contributed by atoms with E-state index in [2.05, 4.69) is 31.6 Å². The second-order valence-electron chi connectivity index (χ2n) is 4.21. The molecule has 88 valence electrons. The number of hydrogen-bond donors (Lipinski definition) is 1. The maximum absolute atomic E-state index is 4.25. The first-order valence-corrected chi connectivity index (χ1v) is 6.51. The summed E-state index contributed by atoms with van der Waals surface area (Å²) in [5, 5.41) is 11.8. The van der Waals surface area contributed by atoms with Crippen LogP contribution in [0.3, 0.4) is 0 Å². The predicted octanol–water partition coefficient (Wildman–Crippen LogP) is 2.24. The molecule has 0 saturated carbocycles. The Morgan fingerprint density at radius 3 is 3.00 bits per heavy atom. The quantitative estimate of drug-likeness (QED) is 0.923. The lowest BCUT2D eigenvalue weighted by molar-refractivity contribution is 0.476. The van der Waals surface area contributed by atoms with Gasteiger partial charge in [0, 0.05) is 16.6 Å². The number of hydrogen-bond acceptors (Lipinski definition) is 3. The fourth-order valence-corrected chi connectivity index (χ4v) is 2.60. The second-order valence-corrected chi connectivity index (χ2v) is 5.06. The minimum Gasteiger partial charge on any atom is -0.315 e. The molecule has 2 aromatic rings. The van der Waals surface area contributed by atoms with Gasteiger partial charge in [0.25, 0.3) is 0 Å². The van der Waals surface area contributed by atoms with Crippen LogP contribution in [0.25, 0.3) is 11.3 Å². The molecular weight excluding hydrogens is 280 g/mol. The molecule has 2 heterocycles. The predicted molar refractivity (Wildman–Crippen MR) is 69.7 cm³/mol. The van der Waals surface area contributed by atoms with Crippen molar-refractivity contribution in [3.8, 4) is 11.3 Å². The normalized spacial score (nSPS) is 19.7. The SMILES string of the molecule is Brc1ccccc1-c1cn(C2CCNC2)nn1. The minimum atomic E-state index is 0.443. The fraction of sp³-hybridized carbons (Fsp3) is 0.333. The Balaban J connectivity index is 1.92. The molecule has 17 heavy (non-hydrogen) atoms. The van der Waals surface area contributed by atoms with E-state index in [0.29, 0.717) is 6.04 Å². The number of nitrogens with one attached hydrogen (secondary N) is 1. The molecule has 1 aliphatic rings. The Bertz CT molecular complexity index is 517. The largest absolute Gasteiger partial charge is 0.315 e. The van der Waals surface area contributed by atoms with Gasteiger partial charge < -0.3 is 5.32 Å². The van der Waals surface area contributed by atoms with Crippen LogP contribution in [0.1, 0.15) is 12.5 Å². The van der Waals surface area contributed by atoms with Gasteiger partial charge in [-0.05, 0) is 19.0 Å². The summed E-state index contributed by atoms with van der Waals surface area (Å²) in [6.45, 7) is 2.05. The van der Waals surface area contributed by atoms with Crippen molar-refractivity contribution in [2.45, 2.75) is 12.5 Å². The van der Waals surface area contributed by atoms with Crippen molar-refractivity contribution in [1.82, 2.24) is 20.3 Å². The molecule has 1 N–H and O–H groups in total. The highest BCUT2D eigenvalue weighted by molar-refractivity contribution is 9.10. The van der Waals surface area contributed by atoms with Crippen molar-refractivity contribution in [3.63, 3.8) is 0 Å². The smallest absolute Gasteiger partial charge is 0.114 e. The summed E-state index contributed by atoms with van der Waals surface area (Å²) in [5.74, 6) is 0. The molecule has 1 fully saturated rings. The first-order chi connectivity index (χ1) is 8.34. The number of nitrogens with zero attached hydrogens (tertiary/aromatic N) is 3. The number of rotatable bonds is 2. The van der Waals surface area contributed by atoms with Gasteiger partial charge in [0.05, 0.1) is 12.2 Å². The third-order valence-corrected chi connectivity index (χ3v) is 3.76. The van der Waals surface area contributed by atoms with Gasteiger partial charge in [-0.2, -0.15) is 0 Å². The van der Waals surface area contributed by atoms with E-state index >= 15 is 0 Å². The van der Waals surface area contributed by atoms with Gasteiger partial charge in [0.1, 0.15) is 5.69 Å². The van der Waals surface area contributed by atoms with E-state index in [1.807, 2.05) is 35.1 Å². The van der Waals surface area contributed by atoms with Gasteiger partial charge in [0.15, 0.2) is 0 Å². The summed E-state index contributed by atoms with van der Waals surface area (Å²) >= 11 is 3.54. The summed E-state index contributed by atoms with van der Waals surface area (Å²) in [7, 11) is 0. The molecule has 0 bridgehead atoms. The Morgan fingerprint density at radius 2 is 2.24 bits per heavy atom. The Morgan fingerprint density at radius 1 is 1.35 bits per heavy atom. The molecule has 3 rings (SSSR count). The average Bonchev–Trinajstić information content (AvgIpc) is 3.00. The third kappa shape index (κ3) is 2.12. The van der Waals surface area contributed by atoms with Crippen molar-refractivity contribution in [2.75, 3.05) is 13.1 Å². The minimum absolute atomic E-state index is 0.443. The lowest BCUT2D eigenvalue weighted by atomic mass is 10.2. The van der Waals surface area contributed by atoms with E-state index < -0.39 is 0 Å². The van der Waals surface area contributed by atoms with Crippen LogP contribution in [0.4, 0.5) is 0 Å². The molecule has 1 atom stereocenters. The molecule has 0 aliphatic carbocycles. The molecule has 0 spiro atoms. The zero-order chi connectivity index (χ0) is 11.7. The lowest BCUT2D eigenvalue weighted by Crippen LogP contribution is -2.13. The summed E-state index contributed by atoms with van der Waals surface area (Å²) in [6, 6.07) is 8.52. The Kier molecular flexibility index (Phi) is 2.94. The van der Waals surface area contributed by atoms with Crippen LogP contribution in [0.2, 0.25) is 0 Å². The molecule has 1 aliphatic heterocycles. The van der Waals surface area contributed by atoms with Crippen LogP contribution >= 0.6 is 15.9 Å². The molecule has 1 aromatic carbocycles. The van der Waals surface area contributed by atoms with Crippen LogP contribution in [0.15, 0.2) is 34.9 Å². The standard InChI is InChI=1S/C12H13BrN4/c13-11-4-2-1-3-10(11)12-8-17(16-15-12)9-5-6-14-7-9/h1-4,8-9,14H,5-7H2. The average molecular weight is 293 g/mol. The number of aromatic nitrogens is 3. The first-order valence-electron chi connectivity index (χ1n) is 5.72. The molecule has 4 nitrogen and oxygen atoms in total. The highest BCUT2D eigenvalue weighted by Crippen LogP contribution is 2.26. The van der Waals surface area contributed by atoms with E-state index in [1.54, 1.807) is 0 Å². The highest BCUT2D eigenvalue weighted by atomic mass is 79.9. The summed E-state index contributed by atoms with van der Waals surface area (Å²) in [5.41, 5.74) is 2.01. The van der Waals surface area contributed by atoms with E-state index in [-0.39, 0.29) is 0 Å². The second kappa shape index (κ2) is 4.58. The Hall–Kier alpha value is -1.20. The molecule has 1 unspecified atom stereocenters. The lowest BCUT2D eigenvalue weighted by Gasteiger charge is -2.06. The van der Waals surface area contributed by atoms with Crippen molar-refractivity contribution < 1.29 is 0 Å². The molecule has 0 radical (unpaired) electrons. The summed E-state index contributed by atoms with van der Waals surface area (Å²) in [4.78, 5) is 0. The van der Waals surface area contributed by atoms with Crippen LogP contribution in [-0.2, 0) is 0 Å². The summed E-state index contributed by atoms with van der Waals surface area (Å²) < 4.78 is 3.02. The van der Waals surface area contributed by atoms with E-state index in [4.69, 9.17) is 0 Å². The van der Waals surface area contributed by atoms with E-state index in [0.717, 1.165) is 35.2 Å². The maximum Gasteiger partial charge on any atom is 0.114 e. The van der Waals surface area contributed by atoms with Crippen molar-refractivity contribution in [2.24, 2.45) is 0 Å². The zero-order valence-electron chi connectivity index (χ0n) is 9.31. The van der Waals surface area contributed by atoms with Crippen molar-refractivity contribution >= 4 is 15.9 Å². The van der Waals surface area contributed by atoms with E-state index in [1.165, 1.54) is 0 Å². The summed E-state index contributed by atoms with van der Waals surface area (Å²) in [6.07, 6.45) is 3.15. The zero-order valence-corrected chi connectivity index (χ0v) is 10.9. The van der Waals surface area contributed by atoms with Gasteiger partial charge in [-0.3, -0.25) is 0 Å². The van der Waals surface area contributed by atoms with E-state index in [9.17, 15) is 0 Å². The van der Waals surface area contributed by atoms with Gasteiger partial charge >= 0.3 is 0 Å². The number of benzene rings is 1. The van der Waals surface area contributed by atoms with Gasteiger partial charge in [0.2, 0.25) is 0 Å². The van der Waals surface area contributed by atoms with Gasteiger partial charge in [-0.25, -0.2) is 4.68 Å². The van der Waals surface area contributed by atoms with Crippen LogP contribution in [0.5, 0.6) is 0 Å². The molecular formula is C12H13BrN4. The van der Waals surface area contributed by atoms with Crippen LogP contribution < -0.4 is 5.32 Å². The highest BCUT2D eigenvalue weighted by Gasteiger charge is 2.18. The fourth-order valence-electron chi connectivity index (χ4n) is 2.11. The number of halogens is 1. The van der Waals surface area contributed by atoms with Crippen molar-refractivity contribution in [3.05, 3.63) is 34.9 Å². The molecule has 1 saturated heterocycles. The maximum atomic E-state index is 4.25.